The van der Waals surface area contributed by atoms with Crippen LogP contribution in [-0.4, -0.2) is 72.4 Å². The summed E-state index contributed by atoms with van der Waals surface area (Å²) < 4.78 is 19.4. The summed E-state index contributed by atoms with van der Waals surface area (Å²) >= 11 is 0. The van der Waals surface area contributed by atoms with Crippen LogP contribution in [-0.2, 0) is 42.1 Å². The van der Waals surface area contributed by atoms with Crippen LogP contribution in [0.1, 0.15) is 251 Å². The maximum atomic E-state index is 12.9. The summed E-state index contributed by atoms with van der Waals surface area (Å²) in [7, 11) is 2.01. The fourth-order valence-electron chi connectivity index (χ4n) is 9.36. The third kappa shape index (κ3) is 31.8. The monoisotopic (exact) mass is 938 g/mol. The Hall–Kier alpha value is -2.91. The number of benzene rings is 1. The van der Waals surface area contributed by atoms with Gasteiger partial charge in [0.25, 0.3) is 0 Å². The van der Waals surface area contributed by atoms with Crippen molar-refractivity contribution in [2.24, 2.45) is 12.8 Å². The molecule has 0 aliphatic carbocycles. The van der Waals surface area contributed by atoms with Crippen molar-refractivity contribution in [2.45, 2.75) is 264 Å². The molecule has 2 rings (SSSR count). The highest BCUT2D eigenvalue weighted by molar-refractivity contribution is 5.85. The van der Waals surface area contributed by atoms with E-state index in [1.807, 2.05) is 19.2 Å². The SMILES string of the molecule is CCCCCCCCCCCOC(=O)CCCCCN(CCCCCCCC(=O)OC(CCCCCCCC)CCCCCCCC)CCCCOC(=O)[C@@H](N)Cc1cn(C)c2ccccc12. The molecule has 386 valence electrons. The molecule has 0 aliphatic heterocycles. The van der Waals surface area contributed by atoms with Crippen molar-refractivity contribution in [2.75, 3.05) is 32.8 Å². The van der Waals surface area contributed by atoms with E-state index in [1.54, 1.807) is 0 Å². The van der Waals surface area contributed by atoms with Gasteiger partial charge in [-0.2, -0.15) is 0 Å². The van der Waals surface area contributed by atoms with Crippen LogP contribution in [0.4, 0.5) is 0 Å². The first-order valence-electron chi connectivity index (χ1n) is 28.3. The summed E-state index contributed by atoms with van der Waals surface area (Å²) in [5.74, 6) is -0.402. The van der Waals surface area contributed by atoms with Crippen LogP contribution >= 0.6 is 0 Å². The van der Waals surface area contributed by atoms with Gasteiger partial charge in [-0.15, -0.1) is 0 Å². The molecular formula is C58H103N3O6. The van der Waals surface area contributed by atoms with Crippen LogP contribution in [0.25, 0.3) is 10.9 Å². The maximum absolute atomic E-state index is 12.9. The number of hydrogen-bond donors (Lipinski definition) is 1. The van der Waals surface area contributed by atoms with E-state index in [1.165, 1.54) is 109 Å². The molecule has 0 fully saturated rings. The van der Waals surface area contributed by atoms with Gasteiger partial charge in [0.05, 0.1) is 13.2 Å². The number of esters is 3. The predicted molar refractivity (Wildman–Crippen MR) is 281 cm³/mol. The van der Waals surface area contributed by atoms with Gasteiger partial charge < -0.3 is 29.4 Å². The first-order chi connectivity index (χ1) is 32.8. The van der Waals surface area contributed by atoms with Gasteiger partial charge in [0.1, 0.15) is 12.1 Å². The van der Waals surface area contributed by atoms with E-state index in [4.69, 9.17) is 19.9 Å². The van der Waals surface area contributed by atoms with Crippen LogP contribution < -0.4 is 5.73 Å². The number of fused-ring (bicyclic) bond motifs is 1. The van der Waals surface area contributed by atoms with Crippen LogP contribution in [0.3, 0.4) is 0 Å². The van der Waals surface area contributed by atoms with Gasteiger partial charge in [-0.05, 0) is 102 Å². The van der Waals surface area contributed by atoms with Crippen molar-refractivity contribution in [3.05, 3.63) is 36.0 Å². The number of unbranched alkanes of at least 4 members (excludes halogenated alkanes) is 25. The minimum atomic E-state index is -0.693. The average Bonchev–Trinajstić information content (AvgIpc) is 3.64. The molecule has 0 aliphatic rings. The zero-order chi connectivity index (χ0) is 48.4. The van der Waals surface area contributed by atoms with Gasteiger partial charge in [-0.3, -0.25) is 14.4 Å². The summed E-state index contributed by atoms with van der Waals surface area (Å²) in [6.45, 7) is 10.7. The number of nitrogens with two attached hydrogens (primary N) is 1. The van der Waals surface area contributed by atoms with E-state index in [9.17, 15) is 14.4 Å². The van der Waals surface area contributed by atoms with Crippen molar-refractivity contribution in [3.63, 3.8) is 0 Å². The van der Waals surface area contributed by atoms with Crippen LogP contribution in [0.5, 0.6) is 0 Å². The van der Waals surface area contributed by atoms with Crippen LogP contribution in [0.2, 0.25) is 0 Å². The number of aryl methyl sites for hydroxylation is 1. The minimum absolute atomic E-state index is 0.00214. The molecular weight excluding hydrogens is 835 g/mol. The van der Waals surface area contributed by atoms with E-state index < -0.39 is 6.04 Å². The van der Waals surface area contributed by atoms with Gasteiger partial charge in [-0.1, -0.05) is 180 Å². The second-order valence-electron chi connectivity index (χ2n) is 19.9. The van der Waals surface area contributed by atoms with E-state index >= 15 is 0 Å². The number of rotatable bonds is 47. The molecule has 9 heteroatoms. The van der Waals surface area contributed by atoms with Gasteiger partial charge in [-0.25, -0.2) is 0 Å². The normalized spacial score (nSPS) is 12.1. The third-order valence-corrected chi connectivity index (χ3v) is 13.6. The van der Waals surface area contributed by atoms with Crippen molar-refractivity contribution >= 4 is 28.8 Å². The van der Waals surface area contributed by atoms with E-state index in [2.05, 4.69) is 48.6 Å². The highest BCUT2D eigenvalue weighted by Gasteiger charge is 2.19. The smallest absolute Gasteiger partial charge is 0.323 e. The lowest BCUT2D eigenvalue weighted by molar-refractivity contribution is -0.150. The zero-order valence-corrected chi connectivity index (χ0v) is 44.0. The fourth-order valence-corrected chi connectivity index (χ4v) is 9.36. The standard InChI is InChI=1S/C58H103N3O6/c1-5-8-11-14-17-18-19-25-36-47-65-56(62)42-30-26-34-45-61(46-35-37-48-66-58(64)54(59)49-51-50-60(4)55-41-32-31-40-53(51)55)44-33-24-20-23-29-43-57(63)67-52(38-27-21-15-12-9-6-2)39-28-22-16-13-10-7-3/h31-32,40-41,50,52,54H,5-30,33-39,42-49,59H2,1-4H3/t54-/m0/s1. The Morgan fingerprint density at radius 2 is 0.970 bits per heavy atom. The number of carbonyl (C=O) groups excluding carboxylic acids is 3. The Balaban J connectivity index is 1.71. The Kier molecular flexibility index (Phi) is 37.8. The molecule has 2 aromatic rings. The maximum Gasteiger partial charge on any atom is 0.323 e. The molecule has 0 radical (unpaired) electrons. The van der Waals surface area contributed by atoms with Gasteiger partial charge in [0.2, 0.25) is 0 Å². The summed E-state index contributed by atoms with van der Waals surface area (Å²) in [6.07, 6.45) is 42.2. The number of ether oxygens (including phenoxy) is 3. The molecule has 0 amide bonds. The number of carbonyl (C=O) groups is 3. The second-order valence-corrected chi connectivity index (χ2v) is 19.9. The Morgan fingerprint density at radius 3 is 1.55 bits per heavy atom. The fraction of sp³-hybridized carbons (Fsp3) is 0.810. The molecule has 1 atom stereocenters. The van der Waals surface area contributed by atoms with Crippen molar-refractivity contribution in [1.29, 1.82) is 0 Å². The van der Waals surface area contributed by atoms with Crippen LogP contribution in [0, 0.1) is 0 Å². The largest absolute Gasteiger partial charge is 0.466 e. The molecule has 67 heavy (non-hydrogen) atoms. The first kappa shape index (κ1) is 60.2. The van der Waals surface area contributed by atoms with Crippen LogP contribution in [0.15, 0.2) is 30.5 Å². The van der Waals surface area contributed by atoms with Gasteiger partial charge in [0.15, 0.2) is 0 Å². The summed E-state index contributed by atoms with van der Waals surface area (Å²) in [5.41, 5.74) is 8.51. The molecule has 2 N–H and O–H groups in total. The minimum Gasteiger partial charge on any atom is -0.466 e. The van der Waals surface area contributed by atoms with E-state index in [0.29, 0.717) is 32.5 Å². The quantitative estimate of drug-likeness (QED) is 0.0397. The summed E-state index contributed by atoms with van der Waals surface area (Å²) in [6, 6.07) is 7.49. The molecule has 1 heterocycles. The molecule has 1 aromatic heterocycles. The van der Waals surface area contributed by atoms with Crippen molar-refractivity contribution in [1.82, 2.24) is 9.47 Å². The lowest BCUT2D eigenvalue weighted by Crippen LogP contribution is -2.34. The number of aromatic nitrogens is 1. The van der Waals surface area contributed by atoms with Gasteiger partial charge in [0, 0.05) is 43.4 Å². The topological polar surface area (TPSA) is 113 Å². The Labute approximate surface area is 411 Å². The number of hydrogen-bond acceptors (Lipinski definition) is 8. The average molecular weight is 938 g/mol. The Morgan fingerprint density at radius 1 is 0.537 bits per heavy atom. The molecule has 0 bridgehead atoms. The first-order valence-corrected chi connectivity index (χ1v) is 28.3. The summed E-state index contributed by atoms with van der Waals surface area (Å²) in [5, 5.41) is 1.12. The molecule has 9 nitrogen and oxygen atoms in total. The molecule has 0 unspecified atom stereocenters. The second kappa shape index (κ2) is 42.0. The van der Waals surface area contributed by atoms with Crippen molar-refractivity contribution in [3.8, 4) is 0 Å². The molecule has 0 spiro atoms. The molecule has 0 saturated heterocycles. The summed E-state index contributed by atoms with van der Waals surface area (Å²) in [4.78, 5) is 40.7. The highest BCUT2D eigenvalue weighted by Crippen LogP contribution is 2.22. The third-order valence-electron chi connectivity index (χ3n) is 13.6. The van der Waals surface area contributed by atoms with Gasteiger partial charge >= 0.3 is 17.9 Å². The molecule has 1 aromatic carbocycles. The lowest BCUT2D eigenvalue weighted by Gasteiger charge is -2.22. The molecule has 0 saturated carbocycles. The van der Waals surface area contributed by atoms with E-state index in [0.717, 1.165) is 139 Å². The Bertz CT molecular complexity index is 1480. The van der Waals surface area contributed by atoms with E-state index in [-0.39, 0.29) is 24.0 Å². The highest BCUT2D eigenvalue weighted by atomic mass is 16.5. The zero-order valence-electron chi connectivity index (χ0n) is 44.0. The number of nitrogens with zero attached hydrogens (tertiary/aromatic N) is 2. The number of para-hydroxylation sites is 1. The lowest BCUT2D eigenvalue weighted by atomic mass is 10.0. The van der Waals surface area contributed by atoms with Crippen molar-refractivity contribution < 1.29 is 28.6 Å². The predicted octanol–water partition coefficient (Wildman–Crippen LogP) is 15.1.